The molecule has 1 atom stereocenters. The number of Topliss-reactive ketones (excluding diaryl/α,β-unsaturated/α-hetero) is 2. The van der Waals surface area contributed by atoms with Crippen molar-refractivity contribution in [1.29, 1.82) is 0 Å². The minimum absolute atomic E-state index is 0.0848. The highest BCUT2D eigenvalue weighted by Gasteiger charge is 2.49. The molecule has 3 aliphatic rings. The summed E-state index contributed by atoms with van der Waals surface area (Å²) >= 11 is 0. The van der Waals surface area contributed by atoms with Gasteiger partial charge in [-0.25, -0.2) is 0 Å². The lowest BCUT2D eigenvalue weighted by molar-refractivity contribution is -0.190. The van der Waals surface area contributed by atoms with Crippen molar-refractivity contribution in [3.05, 3.63) is 0 Å². The van der Waals surface area contributed by atoms with Crippen LogP contribution in [0.15, 0.2) is 0 Å². The van der Waals surface area contributed by atoms with E-state index in [0.717, 1.165) is 12.8 Å². The molecule has 0 aromatic heterocycles. The SMILES string of the molecule is O=C1CCC2(CC1C(=O)C1CC1)OCCO2. The van der Waals surface area contributed by atoms with Crippen molar-refractivity contribution >= 4 is 11.6 Å². The van der Waals surface area contributed by atoms with Gasteiger partial charge in [-0.3, -0.25) is 9.59 Å². The quantitative estimate of drug-likeness (QED) is 0.658. The van der Waals surface area contributed by atoms with Gasteiger partial charge in [-0.2, -0.15) is 0 Å². The Labute approximate surface area is 94.3 Å². The Morgan fingerprint density at radius 3 is 2.56 bits per heavy atom. The van der Waals surface area contributed by atoms with Crippen molar-refractivity contribution in [2.24, 2.45) is 11.8 Å². The zero-order chi connectivity index (χ0) is 11.2. The predicted octanol–water partition coefficient (Wildman–Crippen LogP) is 1.08. The average Bonchev–Trinajstić information content (AvgIpc) is 3.04. The molecule has 0 amide bonds. The second kappa shape index (κ2) is 3.64. The lowest BCUT2D eigenvalue weighted by Gasteiger charge is -2.34. The Balaban J connectivity index is 1.75. The number of carbonyl (C=O) groups is 2. The van der Waals surface area contributed by atoms with Gasteiger partial charge in [0.1, 0.15) is 11.6 Å². The van der Waals surface area contributed by atoms with Gasteiger partial charge in [-0.1, -0.05) is 0 Å². The maximum Gasteiger partial charge on any atom is 0.170 e. The largest absolute Gasteiger partial charge is 0.347 e. The normalized spacial score (nSPS) is 33.2. The van der Waals surface area contributed by atoms with E-state index in [-0.39, 0.29) is 17.5 Å². The van der Waals surface area contributed by atoms with Crippen LogP contribution in [0.5, 0.6) is 0 Å². The zero-order valence-corrected chi connectivity index (χ0v) is 9.24. The summed E-state index contributed by atoms with van der Waals surface area (Å²) in [6.07, 6.45) is 3.39. The molecule has 4 heteroatoms. The summed E-state index contributed by atoms with van der Waals surface area (Å²) in [6, 6.07) is 0. The first-order chi connectivity index (χ1) is 7.70. The highest BCUT2D eigenvalue weighted by atomic mass is 16.7. The van der Waals surface area contributed by atoms with Crippen LogP contribution in [0, 0.1) is 11.8 Å². The van der Waals surface area contributed by atoms with Crippen molar-refractivity contribution in [1.82, 2.24) is 0 Å². The molecule has 4 nitrogen and oxygen atoms in total. The number of hydrogen-bond acceptors (Lipinski definition) is 4. The van der Waals surface area contributed by atoms with E-state index in [1.165, 1.54) is 0 Å². The number of carbonyl (C=O) groups excluding carboxylic acids is 2. The smallest absolute Gasteiger partial charge is 0.170 e. The maximum atomic E-state index is 12.0. The molecule has 1 unspecified atom stereocenters. The second-order valence-electron chi connectivity index (χ2n) is 5.01. The molecule has 2 saturated carbocycles. The Hall–Kier alpha value is -0.740. The molecule has 3 fully saturated rings. The Bertz CT molecular complexity index is 326. The van der Waals surface area contributed by atoms with Crippen LogP contribution >= 0.6 is 0 Å². The molecule has 0 aromatic carbocycles. The molecule has 88 valence electrons. The van der Waals surface area contributed by atoms with E-state index < -0.39 is 11.7 Å². The number of rotatable bonds is 2. The summed E-state index contributed by atoms with van der Waals surface area (Å²) in [5.74, 6) is -0.724. The summed E-state index contributed by atoms with van der Waals surface area (Å²) in [5, 5.41) is 0. The van der Waals surface area contributed by atoms with Crippen molar-refractivity contribution in [3.63, 3.8) is 0 Å². The van der Waals surface area contributed by atoms with Gasteiger partial charge in [-0.05, 0) is 12.8 Å². The van der Waals surface area contributed by atoms with Crippen molar-refractivity contribution in [2.45, 2.75) is 37.9 Å². The molecule has 0 bridgehead atoms. The molecule has 0 radical (unpaired) electrons. The van der Waals surface area contributed by atoms with Crippen LogP contribution in [-0.2, 0) is 19.1 Å². The summed E-state index contributed by atoms with van der Waals surface area (Å²) in [6.45, 7) is 1.16. The van der Waals surface area contributed by atoms with E-state index in [0.29, 0.717) is 32.5 Å². The Kier molecular flexibility index (Phi) is 2.37. The lowest BCUT2D eigenvalue weighted by atomic mass is 9.80. The highest BCUT2D eigenvalue weighted by Crippen LogP contribution is 2.41. The number of hydrogen-bond donors (Lipinski definition) is 0. The fourth-order valence-corrected chi connectivity index (χ4v) is 2.69. The van der Waals surface area contributed by atoms with E-state index in [9.17, 15) is 9.59 Å². The maximum absolute atomic E-state index is 12.0. The van der Waals surface area contributed by atoms with Gasteiger partial charge in [0.25, 0.3) is 0 Å². The molecule has 1 heterocycles. The fraction of sp³-hybridized carbons (Fsp3) is 0.833. The molecular formula is C12H16O4. The number of ether oxygens (including phenoxy) is 2. The standard InChI is InChI=1S/C12H16O4/c13-10-3-4-12(15-5-6-16-12)7-9(10)11(14)8-1-2-8/h8-9H,1-7H2. The van der Waals surface area contributed by atoms with Gasteiger partial charge < -0.3 is 9.47 Å². The summed E-state index contributed by atoms with van der Waals surface area (Å²) < 4.78 is 11.2. The van der Waals surface area contributed by atoms with Crippen LogP contribution in [0.4, 0.5) is 0 Å². The topological polar surface area (TPSA) is 52.6 Å². The Morgan fingerprint density at radius 2 is 1.94 bits per heavy atom. The minimum atomic E-state index is -0.622. The molecule has 1 spiro atoms. The van der Waals surface area contributed by atoms with Crippen LogP contribution in [0.2, 0.25) is 0 Å². The molecule has 2 aliphatic carbocycles. The summed E-state index contributed by atoms with van der Waals surface area (Å²) in [4.78, 5) is 23.8. The first-order valence-corrected chi connectivity index (χ1v) is 6.05. The summed E-state index contributed by atoms with van der Waals surface area (Å²) in [5.41, 5.74) is 0. The molecule has 0 N–H and O–H groups in total. The van der Waals surface area contributed by atoms with Gasteiger partial charge >= 0.3 is 0 Å². The van der Waals surface area contributed by atoms with Gasteiger partial charge in [0.15, 0.2) is 5.79 Å². The first-order valence-electron chi connectivity index (χ1n) is 6.05. The third kappa shape index (κ3) is 1.70. The molecule has 0 aromatic rings. The minimum Gasteiger partial charge on any atom is -0.347 e. The molecule has 1 aliphatic heterocycles. The van der Waals surface area contributed by atoms with E-state index in [1.54, 1.807) is 0 Å². The molecule has 3 rings (SSSR count). The lowest BCUT2D eigenvalue weighted by Crippen LogP contribution is -2.43. The van der Waals surface area contributed by atoms with E-state index in [2.05, 4.69) is 0 Å². The van der Waals surface area contributed by atoms with Crippen LogP contribution in [0.1, 0.15) is 32.1 Å². The fourth-order valence-electron chi connectivity index (χ4n) is 2.69. The van der Waals surface area contributed by atoms with Crippen LogP contribution in [0.25, 0.3) is 0 Å². The van der Waals surface area contributed by atoms with E-state index >= 15 is 0 Å². The van der Waals surface area contributed by atoms with E-state index in [1.807, 2.05) is 0 Å². The van der Waals surface area contributed by atoms with Gasteiger partial charge in [0.2, 0.25) is 0 Å². The third-order valence-electron chi connectivity index (χ3n) is 3.79. The number of ketones is 2. The Morgan fingerprint density at radius 1 is 1.25 bits per heavy atom. The van der Waals surface area contributed by atoms with Crippen molar-refractivity contribution in [2.75, 3.05) is 13.2 Å². The average molecular weight is 224 g/mol. The van der Waals surface area contributed by atoms with Crippen molar-refractivity contribution in [3.8, 4) is 0 Å². The third-order valence-corrected chi connectivity index (χ3v) is 3.79. The van der Waals surface area contributed by atoms with Gasteiger partial charge in [-0.15, -0.1) is 0 Å². The predicted molar refractivity (Wildman–Crippen MR) is 54.7 cm³/mol. The molecular weight excluding hydrogens is 208 g/mol. The molecule has 16 heavy (non-hydrogen) atoms. The van der Waals surface area contributed by atoms with Crippen LogP contribution in [0.3, 0.4) is 0 Å². The monoisotopic (exact) mass is 224 g/mol. The molecule has 1 saturated heterocycles. The van der Waals surface area contributed by atoms with Gasteiger partial charge in [0, 0.05) is 25.2 Å². The van der Waals surface area contributed by atoms with Gasteiger partial charge in [0.05, 0.1) is 19.1 Å². The zero-order valence-electron chi connectivity index (χ0n) is 9.24. The van der Waals surface area contributed by atoms with E-state index in [4.69, 9.17) is 9.47 Å². The first kappa shape index (κ1) is 10.4. The second-order valence-corrected chi connectivity index (χ2v) is 5.01. The van der Waals surface area contributed by atoms with Crippen LogP contribution < -0.4 is 0 Å². The highest BCUT2D eigenvalue weighted by molar-refractivity contribution is 6.04. The summed E-state index contributed by atoms with van der Waals surface area (Å²) in [7, 11) is 0. The van der Waals surface area contributed by atoms with Crippen LogP contribution in [-0.4, -0.2) is 30.6 Å². The van der Waals surface area contributed by atoms with Crippen molar-refractivity contribution < 1.29 is 19.1 Å².